The SMILES string of the molecule is CC(=O)OC[C@H](OC(C)=O)[C@@H]1O[C@@]1([C@H](OC(C)=O)[C@@H](COC(C)=O)OC(C)=O)S(=O)(=O)c1ccc(C)cc1. The fourth-order valence-electron chi connectivity index (χ4n) is 3.79. The predicted octanol–water partition coefficient (Wildman–Crippen LogP) is 0.785. The lowest BCUT2D eigenvalue weighted by Gasteiger charge is -2.31. The summed E-state index contributed by atoms with van der Waals surface area (Å²) in [5, 5.41) is 0. The number of sulfone groups is 1. The summed E-state index contributed by atoms with van der Waals surface area (Å²) < 4.78 is 59.6. The maximum absolute atomic E-state index is 14.1. The van der Waals surface area contributed by atoms with Crippen molar-refractivity contribution in [2.24, 2.45) is 0 Å². The zero-order chi connectivity index (χ0) is 28.8. The zero-order valence-electron chi connectivity index (χ0n) is 21.7. The Morgan fingerprint density at radius 1 is 0.789 bits per heavy atom. The highest BCUT2D eigenvalue weighted by atomic mass is 32.2. The first-order valence-corrected chi connectivity index (χ1v) is 12.9. The lowest BCUT2D eigenvalue weighted by molar-refractivity contribution is -0.176. The van der Waals surface area contributed by atoms with Crippen molar-refractivity contribution in [1.29, 1.82) is 0 Å². The van der Waals surface area contributed by atoms with Gasteiger partial charge in [0, 0.05) is 34.6 Å². The predicted molar refractivity (Wildman–Crippen MR) is 126 cm³/mol. The van der Waals surface area contributed by atoms with Gasteiger partial charge in [-0.05, 0) is 19.1 Å². The zero-order valence-corrected chi connectivity index (χ0v) is 22.6. The second-order valence-electron chi connectivity index (χ2n) is 8.51. The molecular formula is C24H30O13S. The Morgan fingerprint density at radius 2 is 1.29 bits per heavy atom. The van der Waals surface area contributed by atoms with Crippen LogP contribution in [0.3, 0.4) is 0 Å². The van der Waals surface area contributed by atoms with Crippen LogP contribution < -0.4 is 0 Å². The summed E-state index contributed by atoms with van der Waals surface area (Å²) in [4.78, 5) is 56.1. The van der Waals surface area contributed by atoms with Crippen molar-refractivity contribution in [3.05, 3.63) is 29.8 Å². The number of rotatable bonds is 12. The molecular weight excluding hydrogens is 528 g/mol. The summed E-state index contributed by atoms with van der Waals surface area (Å²) in [7, 11) is -4.64. The van der Waals surface area contributed by atoms with Crippen LogP contribution in [0.2, 0.25) is 0 Å². The second-order valence-corrected chi connectivity index (χ2v) is 10.6. The third-order valence-corrected chi connectivity index (χ3v) is 7.60. The van der Waals surface area contributed by atoms with E-state index in [1.165, 1.54) is 24.3 Å². The van der Waals surface area contributed by atoms with Crippen LogP contribution in [0.25, 0.3) is 0 Å². The van der Waals surface area contributed by atoms with Gasteiger partial charge in [-0.3, -0.25) is 24.0 Å². The third kappa shape index (κ3) is 7.28. The van der Waals surface area contributed by atoms with E-state index in [1.807, 2.05) is 0 Å². The van der Waals surface area contributed by atoms with Gasteiger partial charge in [-0.2, -0.15) is 0 Å². The van der Waals surface area contributed by atoms with E-state index in [0.717, 1.165) is 40.2 Å². The Kier molecular flexibility index (Phi) is 9.98. The molecule has 0 radical (unpaired) electrons. The monoisotopic (exact) mass is 558 g/mol. The van der Waals surface area contributed by atoms with Gasteiger partial charge in [0.1, 0.15) is 19.3 Å². The standard InChI is InChI=1S/C24H30O13S/c1-13-7-9-19(10-8-13)38(30,31)24(23(37-24)21(35-17(5)28)12-33-15(3)26)22(36-18(6)29)20(34-16(4)27)11-32-14(2)25/h7-10,20-23H,11-12H2,1-6H3/t20-,21+,22-,23+,24+/m1/s1. The van der Waals surface area contributed by atoms with Gasteiger partial charge < -0.3 is 28.4 Å². The molecule has 0 aromatic heterocycles. The van der Waals surface area contributed by atoms with E-state index < -0.39 is 82.2 Å². The highest BCUT2D eigenvalue weighted by Gasteiger charge is 2.77. The summed E-state index contributed by atoms with van der Waals surface area (Å²) in [5.41, 5.74) is 0.739. The molecule has 1 aromatic rings. The normalized spacial score (nSPS) is 20.7. The Labute approximate surface area is 219 Å². The van der Waals surface area contributed by atoms with E-state index in [-0.39, 0.29) is 4.90 Å². The first-order valence-electron chi connectivity index (χ1n) is 11.4. The van der Waals surface area contributed by atoms with E-state index in [0.29, 0.717) is 0 Å². The van der Waals surface area contributed by atoms with E-state index in [2.05, 4.69) is 0 Å². The number of esters is 5. The first-order chi connectivity index (χ1) is 17.6. The number of epoxide rings is 1. The average Bonchev–Trinajstić information content (AvgIpc) is 3.54. The summed E-state index contributed by atoms with van der Waals surface area (Å²) in [6.45, 7) is 5.64. The van der Waals surface area contributed by atoms with Gasteiger partial charge in [-0.15, -0.1) is 0 Å². The van der Waals surface area contributed by atoms with Crippen LogP contribution in [0, 0.1) is 6.92 Å². The Balaban J connectivity index is 2.74. The van der Waals surface area contributed by atoms with E-state index >= 15 is 0 Å². The van der Waals surface area contributed by atoms with Gasteiger partial charge in [-0.25, -0.2) is 8.42 Å². The molecule has 5 atom stereocenters. The maximum Gasteiger partial charge on any atom is 0.303 e. The summed E-state index contributed by atoms with van der Waals surface area (Å²) in [6.07, 6.45) is -6.59. The highest BCUT2D eigenvalue weighted by molar-refractivity contribution is 7.93. The molecule has 0 bridgehead atoms. The molecule has 0 unspecified atom stereocenters. The van der Waals surface area contributed by atoms with E-state index in [4.69, 9.17) is 28.4 Å². The summed E-state index contributed by atoms with van der Waals surface area (Å²) >= 11 is 0. The molecule has 0 spiro atoms. The molecule has 1 fully saturated rings. The largest absolute Gasteiger partial charge is 0.462 e. The molecule has 0 aliphatic carbocycles. The molecule has 1 aliphatic heterocycles. The first kappa shape index (κ1) is 30.7. The molecule has 13 nitrogen and oxygen atoms in total. The van der Waals surface area contributed by atoms with Crippen LogP contribution >= 0.6 is 0 Å². The summed E-state index contributed by atoms with van der Waals surface area (Å²) in [6, 6.07) is 5.61. The number of hydrogen-bond acceptors (Lipinski definition) is 13. The number of carbonyl (C=O) groups is 5. The minimum Gasteiger partial charge on any atom is -0.462 e. The van der Waals surface area contributed by atoms with Crippen molar-refractivity contribution >= 4 is 39.7 Å². The van der Waals surface area contributed by atoms with Crippen LogP contribution in [0.1, 0.15) is 40.2 Å². The molecule has 210 valence electrons. The molecule has 0 saturated carbocycles. The number of ether oxygens (including phenoxy) is 6. The van der Waals surface area contributed by atoms with Crippen LogP contribution in [-0.2, 0) is 62.2 Å². The van der Waals surface area contributed by atoms with Crippen LogP contribution in [0.5, 0.6) is 0 Å². The fourth-order valence-corrected chi connectivity index (χ4v) is 5.84. The van der Waals surface area contributed by atoms with Gasteiger partial charge >= 0.3 is 29.8 Å². The van der Waals surface area contributed by atoms with Crippen molar-refractivity contribution in [2.75, 3.05) is 13.2 Å². The smallest absolute Gasteiger partial charge is 0.303 e. The van der Waals surface area contributed by atoms with Gasteiger partial charge in [0.15, 0.2) is 18.3 Å². The maximum atomic E-state index is 14.1. The topological polar surface area (TPSA) is 178 Å². The van der Waals surface area contributed by atoms with E-state index in [1.54, 1.807) is 6.92 Å². The van der Waals surface area contributed by atoms with Crippen molar-refractivity contribution in [3.63, 3.8) is 0 Å². The Morgan fingerprint density at radius 3 is 1.76 bits per heavy atom. The molecule has 2 rings (SSSR count). The average molecular weight is 559 g/mol. The number of carbonyl (C=O) groups excluding carboxylic acids is 5. The number of hydrogen-bond donors (Lipinski definition) is 0. The number of benzene rings is 1. The van der Waals surface area contributed by atoms with Gasteiger partial charge in [-0.1, -0.05) is 17.7 Å². The summed E-state index contributed by atoms with van der Waals surface area (Å²) in [5.74, 6) is -4.28. The van der Waals surface area contributed by atoms with Gasteiger partial charge in [0.05, 0.1) is 4.90 Å². The second kappa shape index (κ2) is 12.3. The molecule has 38 heavy (non-hydrogen) atoms. The quantitative estimate of drug-likeness (QED) is 0.200. The van der Waals surface area contributed by atoms with Crippen LogP contribution in [-0.4, -0.2) is 80.8 Å². The highest BCUT2D eigenvalue weighted by Crippen LogP contribution is 2.52. The van der Waals surface area contributed by atoms with Gasteiger partial charge in [0.2, 0.25) is 14.8 Å². The minimum atomic E-state index is -4.64. The van der Waals surface area contributed by atoms with E-state index in [9.17, 15) is 32.4 Å². The van der Waals surface area contributed by atoms with Crippen molar-refractivity contribution in [2.45, 2.75) is 75.8 Å². The lowest BCUT2D eigenvalue weighted by atomic mass is 10.0. The van der Waals surface area contributed by atoms with Crippen molar-refractivity contribution in [3.8, 4) is 0 Å². The minimum absolute atomic E-state index is 0.258. The molecule has 1 aromatic carbocycles. The van der Waals surface area contributed by atoms with Crippen molar-refractivity contribution < 1.29 is 60.8 Å². The van der Waals surface area contributed by atoms with Crippen LogP contribution in [0.4, 0.5) is 0 Å². The number of aryl methyl sites for hydroxylation is 1. The molecule has 0 N–H and O–H groups in total. The van der Waals surface area contributed by atoms with Crippen molar-refractivity contribution in [1.82, 2.24) is 0 Å². The Hall–Kier alpha value is -3.52. The third-order valence-electron chi connectivity index (χ3n) is 5.30. The fraction of sp³-hybridized carbons (Fsp3) is 0.542. The Bertz CT molecular complexity index is 1170. The molecule has 1 saturated heterocycles. The molecule has 14 heteroatoms. The molecule has 1 aliphatic rings. The molecule has 1 heterocycles. The molecule has 0 amide bonds. The lowest BCUT2D eigenvalue weighted by Crippen LogP contribution is -2.54. The van der Waals surface area contributed by atoms with Gasteiger partial charge in [0.25, 0.3) is 0 Å². The van der Waals surface area contributed by atoms with Crippen LogP contribution in [0.15, 0.2) is 29.2 Å².